The van der Waals surface area contributed by atoms with Gasteiger partial charge in [0.05, 0.1) is 0 Å². The fraction of sp³-hybridized carbons (Fsp3) is 0.333. The minimum absolute atomic E-state index is 0.117. The third-order valence-corrected chi connectivity index (χ3v) is 7.95. The van der Waals surface area contributed by atoms with Crippen molar-refractivity contribution in [2.75, 3.05) is 18.4 Å². The highest BCUT2D eigenvalue weighted by Crippen LogP contribution is 2.34. The van der Waals surface area contributed by atoms with Gasteiger partial charge >= 0.3 is 0 Å². The number of anilines is 2. The lowest BCUT2D eigenvalue weighted by Gasteiger charge is -2.32. The molecule has 3 aliphatic rings. The number of piperidine rings is 2. The average Bonchev–Trinajstić information content (AvgIpc) is 3.26. The molecule has 8 nitrogen and oxygen atoms in total. The Morgan fingerprint density at radius 2 is 1.76 bits per heavy atom. The molecular formula is C30H31N5O3. The van der Waals surface area contributed by atoms with Crippen molar-refractivity contribution in [2.24, 2.45) is 0 Å². The van der Waals surface area contributed by atoms with Crippen LogP contribution in [0.2, 0.25) is 0 Å². The molecule has 1 atom stereocenters. The van der Waals surface area contributed by atoms with E-state index >= 15 is 0 Å². The van der Waals surface area contributed by atoms with Crippen LogP contribution in [0.3, 0.4) is 0 Å². The van der Waals surface area contributed by atoms with Gasteiger partial charge in [0.25, 0.3) is 5.91 Å². The molecule has 3 aromatic rings. The number of carbonyl (C=O) groups excluding carboxylic acids is 3. The summed E-state index contributed by atoms with van der Waals surface area (Å²) in [5.41, 5.74) is 5.25. The molecule has 0 spiro atoms. The van der Waals surface area contributed by atoms with Crippen molar-refractivity contribution in [3.05, 3.63) is 89.1 Å². The SMILES string of the molecule is O=C1CCC(N2Cc3cc(C4CCN(Cc5ccccc5Nc5ccccn5)CC4)ccc3C2=O)C(=O)N1. The number of carbonyl (C=O) groups is 3. The van der Waals surface area contributed by atoms with E-state index in [-0.39, 0.29) is 24.1 Å². The topological polar surface area (TPSA) is 94.6 Å². The van der Waals surface area contributed by atoms with E-state index in [1.54, 1.807) is 11.1 Å². The maximum absolute atomic E-state index is 13.0. The van der Waals surface area contributed by atoms with Crippen LogP contribution in [0.25, 0.3) is 0 Å². The van der Waals surface area contributed by atoms with E-state index in [2.05, 4.69) is 50.8 Å². The molecule has 4 heterocycles. The molecule has 8 heteroatoms. The van der Waals surface area contributed by atoms with Crippen molar-refractivity contribution < 1.29 is 14.4 Å². The molecule has 0 radical (unpaired) electrons. The Kier molecular flexibility index (Phi) is 6.64. The van der Waals surface area contributed by atoms with Gasteiger partial charge in [-0.05, 0) is 79.2 Å². The Morgan fingerprint density at radius 3 is 2.55 bits per heavy atom. The summed E-state index contributed by atoms with van der Waals surface area (Å²) >= 11 is 0. The van der Waals surface area contributed by atoms with Crippen molar-refractivity contribution in [1.29, 1.82) is 0 Å². The zero-order valence-corrected chi connectivity index (χ0v) is 21.2. The lowest BCUT2D eigenvalue weighted by Crippen LogP contribution is -2.52. The lowest BCUT2D eigenvalue weighted by molar-refractivity contribution is -0.136. The monoisotopic (exact) mass is 509 g/mol. The summed E-state index contributed by atoms with van der Waals surface area (Å²) in [6.07, 6.45) is 4.55. The number of hydrogen-bond donors (Lipinski definition) is 2. The van der Waals surface area contributed by atoms with Gasteiger partial charge in [0, 0.05) is 37.0 Å². The molecule has 38 heavy (non-hydrogen) atoms. The van der Waals surface area contributed by atoms with Gasteiger partial charge in [0.15, 0.2) is 0 Å². The number of pyridine rings is 1. The minimum atomic E-state index is -0.575. The Morgan fingerprint density at radius 1 is 0.947 bits per heavy atom. The molecular weight excluding hydrogens is 478 g/mol. The molecule has 2 N–H and O–H groups in total. The van der Waals surface area contributed by atoms with E-state index in [1.807, 2.05) is 30.3 Å². The van der Waals surface area contributed by atoms with Crippen LogP contribution in [0.15, 0.2) is 66.9 Å². The molecule has 2 fully saturated rings. The van der Waals surface area contributed by atoms with Crippen LogP contribution in [0.1, 0.15) is 58.6 Å². The molecule has 3 amide bonds. The fourth-order valence-electron chi connectivity index (χ4n) is 5.87. The normalized spacial score (nSPS) is 20.4. The smallest absolute Gasteiger partial charge is 0.255 e. The summed E-state index contributed by atoms with van der Waals surface area (Å²) < 4.78 is 0. The summed E-state index contributed by atoms with van der Waals surface area (Å²) in [4.78, 5) is 45.4. The summed E-state index contributed by atoms with van der Waals surface area (Å²) in [5, 5.41) is 5.82. The average molecular weight is 510 g/mol. The molecule has 6 rings (SSSR count). The Balaban J connectivity index is 1.08. The van der Waals surface area contributed by atoms with E-state index in [4.69, 9.17) is 0 Å². The number of imide groups is 1. The lowest BCUT2D eigenvalue weighted by atomic mass is 9.87. The number of amides is 3. The van der Waals surface area contributed by atoms with Crippen LogP contribution in [0, 0.1) is 0 Å². The maximum Gasteiger partial charge on any atom is 0.255 e. The van der Waals surface area contributed by atoms with Gasteiger partial charge in [-0.25, -0.2) is 4.98 Å². The fourth-order valence-corrected chi connectivity index (χ4v) is 5.87. The predicted molar refractivity (Wildman–Crippen MR) is 144 cm³/mol. The largest absolute Gasteiger partial charge is 0.340 e. The highest BCUT2D eigenvalue weighted by atomic mass is 16.2. The van der Waals surface area contributed by atoms with Gasteiger partial charge in [-0.1, -0.05) is 36.4 Å². The van der Waals surface area contributed by atoms with Crippen molar-refractivity contribution in [1.82, 2.24) is 20.1 Å². The Hall–Kier alpha value is -4.04. The zero-order valence-electron chi connectivity index (χ0n) is 21.2. The van der Waals surface area contributed by atoms with Crippen LogP contribution in [-0.2, 0) is 22.7 Å². The Labute approximate surface area is 222 Å². The first-order chi connectivity index (χ1) is 18.5. The van der Waals surface area contributed by atoms with Crippen LogP contribution >= 0.6 is 0 Å². The minimum Gasteiger partial charge on any atom is -0.340 e. The number of benzene rings is 2. The summed E-state index contributed by atoms with van der Waals surface area (Å²) in [6.45, 7) is 3.30. The Bertz CT molecular complexity index is 1370. The number of rotatable bonds is 6. The second kappa shape index (κ2) is 10.4. The van der Waals surface area contributed by atoms with E-state index in [0.29, 0.717) is 24.4 Å². The number of aromatic nitrogens is 1. The maximum atomic E-state index is 13.0. The highest BCUT2D eigenvalue weighted by Gasteiger charge is 2.39. The van der Waals surface area contributed by atoms with Gasteiger partial charge in [-0.2, -0.15) is 0 Å². The van der Waals surface area contributed by atoms with Crippen molar-refractivity contribution in [2.45, 2.75) is 50.7 Å². The van der Waals surface area contributed by atoms with Crippen LogP contribution in [0.4, 0.5) is 11.5 Å². The second-order valence-electron chi connectivity index (χ2n) is 10.4. The van der Waals surface area contributed by atoms with E-state index < -0.39 is 6.04 Å². The van der Waals surface area contributed by atoms with Crippen molar-refractivity contribution in [3.63, 3.8) is 0 Å². The molecule has 0 aliphatic carbocycles. The molecule has 2 saturated heterocycles. The number of hydrogen-bond acceptors (Lipinski definition) is 6. The molecule has 0 saturated carbocycles. The van der Waals surface area contributed by atoms with Crippen LogP contribution in [-0.4, -0.2) is 51.6 Å². The summed E-state index contributed by atoms with van der Waals surface area (Å²) in [5.74, 6) is 0.528. The molecule has 194 valence electrons. The standard InChI is InChI=1S/C30H31N5O3/c36-28-11-10-26(29(37)33-28)35-19-23-17-21(8-9-24(23)30(35)38)20-12-15-34(16-13-20)18-22-5-1-2-6-25(22)32-27-7-3-4-14-31-27/h1-9,14,17,20,26H,10-13,15-16,18-19H2,(H,31,32)(H,33,36,37). The van der Waals surface area contributed by atoms with Crippen molar-refractivity contribution in [3.8, 4) is 0 Å². The van der Waals surface area contributed by atoms with E-state index in [0.717, 1.165) is 49.5 Å². The van der Waals surface area contributed by atoms with Gasteiger partial charge in [0.1, 0.15) is 11.9 Å². The highest BCUT2D eigenvalue weighted by molar-refractivity contribution is 6.05. The van der Waals surface area contributed by atoms with Crippen LogP contribution < -0.4 is 10.6 Å². The van der Waals surface area contributed by atoms with E-state index in [1.165, 1.54) is 11.1 Å². The van der Waals surface area contributed by atoms with E-state index in [9.17, 15) is 14.4 Å². The van der Waals surface area contributed by atoms with Gasteiger partial charge in [-0.15, -0.1) is 0 Å². The predicted octanol–water partition coefficient (Wildman–Crippen LogP) is 3.97. The quantitative estimate of drug-likeness (QED) is 0.489. The summed E-state index contributed by atoms with van der Waals surface area (Å²) in [6, 6.07) is 19.8. The number of fused-ring (bicyclic) bond motifs is 1. The van der Waals surface area contributed by atoms with Crippen LogP contribution in [0.5, 0.6) is 0 Å². The number of nitrogens with one attached hydrogen (secondary N) is 2. The van der Waals surface area contributed by atoms with Gasteiger partial charge in [0.2, 0.25) is 11.8 Å². The molecule has 1 unspecified atom stereocenters. The van der Waals surface area contributed by atoms with Gasteiger partial charge in [-0.3, -0.25) is 24.6 Å². The number of likely N-dealkylation sites (tertiary alicyclic amines) is 1. The third kappa shape index (κ3) is 4.91. The zero-order chi connectivity index (χ0) is 26.1. The summed E-state index contributed by atoms with van der Waals surface area (Å²) in [7, 11) is 0. The molecule has 2 aromatic carbocycles. The first-order valence-electron chi connectivity index (χ1n) is 13.3. The molecule has 1 aromatic heterocycles. The van der Waals surface area contributed by atoms with Gasteiger partial charge < -0.3 is 10.2 Å². The molecule has 3 aliphatic heterocycles. The third-order valence-electron chi connectivity index (χ3n) is 7.95. The number of nitrogens with zero attached hydrogens (tertiary/aromatic N) is 3. The first kappa shape index (κ1) is 24.3. The first-order valence-corrected chi connectivity index (χ1v) is 13.3. The molecule has 0 bridgehead atoms. The number of para-hydroxylation sites is 1. The second-order valence-corrected chi connectivity index (χ2v) is 10.4. The van der Waals surface area contributed by atoms with Crippen molar-refractivity contribution >= 4 is 29.2 Å².